The van der Waals surface area contributed by atoms with Gasteiger partial charge in [-0.3, -0.25) is 9.79 Å². The summed E-state index contributed by atoms with van der Waals surface area (Å²) in [4.78, 5) is 16.4. The fourth-order valence-corrected chi connectivity index (χ4v) is 3.03. The second kappa shape index (κ2) is 10.8. The highest BCUT2D eigenvalue weighted by Crippen LogP contribution is 2.29. The van der Waals surface area contributed by atoms with Crippen LogP contribution in [0.3, 0.4) is 0 Å². The summed E-state index contributed by atoms with van der Waals surface area (Å²) in [6.07, 6.45) is 10.5. The van der Waals surface area contributed by atoms with E-state index in [-0.39, 0.29) is 5.91 Å². The van der Waals surface area contributed by atoms with E-state index in [9.17, 15) is 4.79 Å². The number of nitrogens with one attached hydrogen (secondary N) is 1. The largest absolute Gasteiger partial charge is 0.462 e. The van der Waals surface area contributed by atoms with E-state index < -0.39 is 0 Å². The maximum atomic E-state index is 12.3. The number of nitrogens with zero attached hydrogens (tertiary/aromatic N) is 2. The SMILES string of the molecule is CCC1=C(C=NC)CCC=C1O/C(C)=C/C=C(\C)NC(=O)c1ccc(C#N)cc1. The van der Waals surface area contributed by atoms with Gasteiger partial charge in [-0.05, 0) is 86.7 Å². The number of hydrogen-bond donors (Lipinski definition) is 1. The molecule has 0 saturated heterocycles. The van der Waals surface area contributed by atoms with Crippen LogP contribution in [0.2, 0.25) is 0 Å². The molecule has 0 fully saturated rings. The van der Waals surface area contributed by atoms with Crippen LogP contribution in [0, 0.1) is 11.3 Å². The van der Waals surface area contributed by atoms with Crippen LogP contribution in [0.5, 0.6) is 0 Å². The lowest BCUT2D eigenvalue weighted by molar-refractivity contribution is 0.0966. The first-order chi connectivity index (χ1) is 14.0. The minimum Gasteiger partial charge on any atom is -0.462 e. The van der Waals surface area contributed by atoms with E-state index in [0.717, 1.165) is 30.8 Å². The molecule has 0 aliphatic heterocycles. The summed E-state index contributed by atoms with van der Waals surface area (Å²) in [5, 5.41) is 11.7. The van der Waals surface area contributed by atoms with E-state index in [1.807, 2.05) is 38.3 Å². The zero-order valence-electron chi connectivity index (χ0n) is 17.5. The van der Waals surface area contributed by atoms with Crippen molar-refractivity contribution in [3.63, 3.8) is 0 Å². The molecule has 0 bridgehead atoms. The lowest BCUT2D eigenvalue weighted by Crippen LogP contribution is -2.21. The molecule has 1 N–H and O–H groups in total. The number of carbonyl (C=O) groups is 1. The number of amides is 1. The Morgan fingerprint density at radius 2 is 2.00 bits per heavy atom. The van der Waals surface area contributed by atoms with Crippen LogP contribution >= 0.6 is 0 Å². The van der Waals surface area contributed by atoms with Crippen molar-refractivity contribution in [3.05, 3.63) is 82.0 Å². The number of carbonyl (C=O) groups excluding carboxylic acids is 1. The quantitative estimate of drug-likeness (QED) is 0.396. The smallest absolute Gasteiger partial charge is 0.255 e. The molecule has 1 aliphatic rings. The first-order valence-electron chi connectivity index (χ1n) is 9.67. The van der Waals surface area contributed by atoms with Crippen LogP contribution in [-0.4, -0.2) is 19.2 Å². The summed E-state index contributed by atoms with van der Waals surface area (Å²) in [6, 6.07) is 8.56. The van der Waals surface area contributed by atoms with Gasteiger partial charge >= 0.3 is 0 Å². The summed E-state index contributed by atoms with van der Waals surface area (Å²) in [6.45, 7) is 5.82. The van der Waals surface area contributed by atoms with Gasteiger partial charge in [0.05, 0.1) is 11.6 Å². The summed E-state index contributed by atoms with van der Waals surface area (Å²) in [5.74, 6) is 1.41. The Labute approximate surface area is 172 Å². The second-order valence-corrected chi connectivity index (χ2v) is 6.72. The van der Waals surface area contributed by atoms with Crippen molar-refractivity contribution in [2.75, 3.05) is 7.05 Å². The lowest BCUT2D eigenvalue weighted by Gasteiger charge is -2.19. The molecule has 1 aliphatic carbocycles. The highest BCUT2D eigenvalue weighted by molar-refractivity contribution is 5.95. The Morgan fingerprint density at radius 1 is 1.28 bits per heavy atom. The van der Waals surface area contributed by atoms with Crippen LogP contribution in [0.25, 0.3) is 0 Å². The molecule has 0 aromatic heterocycles. The number of ether oxygens (including phenoxy) is 1. The molecule has 0 radical (unpaired) electrons. The number of hydrogen-bond acceptors (Lipinski definition) is 4. The molecular weight excluding hydrogens is 362 g/mol. The average Bonchev–Trinajstić information content (AvgIpc) is 2.73. The van der Waals surface area contributed by atoms with Gasteiger partial charge in [-0.2, -0.15) is 5.26 Å². The first-order valence-corrected chi connectivity index (χ1v) is 9.67. The van der Waals surface area contributed by atoms with Crippen molar-refractivity contribution in [3.8, 4) is 6.07 Å². The van der Waals surface area contributed by atoms with E-state index in [4.69, 9.17) is 10.00 Å². The highest BCUT2D eigenvalue weighted by Gasteiger charge is 2.15. The van der Waals surface area contributed by atoms with Gasteiger partial charge in [-0.15, -0.1) is 0 Å². The van der Waals surface area contributed by atoms with Gasteiger partial charge in [0.15, 0.2) is 0 Å². The third kappa shape index (κ3) is 6.32. The van der Waals surface area contributed by atoms with E-state index in [2.05, 4.69) is 23.3 Å². The number of nitriles is 1. The third-order valence-electron chi connectivity index (χ3n) is 4.49. The van der Waals surface area contributed by atoms with E-state index in [1.54, 1.807) is 31.3 Å². The van der Waals surface area contributed by atoms with E-state index in [1.165, 1.54) is 11.1 Å². The summed E-state index contributed by atoms with van der Waals surface area (Å²) >= 11 is 0. The maximum absolute atomic E-state index is 12.3. The molecule has 1 amide bonds. The Balaban J connectivity index is 2.03. The number of allylic oxidation sites excluding steroid dienone is 7. The average molecular weight is 389 g/mol. The topological polar surface area (TPSA) is 74.5 Å². The standard InChI is InChI=1S/C24H27N3O2/c1-5-22-21(16-26-4)7-6-8-23(22)29-18(3)10-9-17(2)27-24(28)20-13-11-19(15-25)12-14-20/h8-14,16H,5-7H2,1-4H3,(H,27,28)/b17-9+,18-10+,26-16?. The molecule has 150 valence electrons. The van der Waals surface area contributed by atoms with Crippen molar-refractivity contribution < 1.29 is 9.53 Å². The minimum absolute atomic E-state index is 0.218. The third-order valence-corrected chi connectivity index (χ3v) is 4.49. The number of aliphatic imine (C=N–C) groups is 1. The monoisotopic (exact) mass is 389 g/mol. The molecule has 0 atom stereocenters. The van der Waals surface area contributed by atoms with Crippen molar-refractivity contribution in [2.24, 2.45) is 4.99 Å². The fraction of sp³-hybridized carbons (Fsp3) is 0.292. The Morgan fingerprint density at radius 3 is 2.62 bits per heavy atom. The van der Waals surface area contributed by atoms with Crippen LogP contribution < -0.4 is 5.32 Å². The molecular formula is C24H27N3O2. The number of rotatable bonds is 7. The zero-order valence-corrected chi connectivity index (χ0v) is 17.5. The lowest BCUT2D eigenvalue weighted by atomic mass is 9.95. The molecule has 0 spiro atoms. The molecule has 29 heavy (non-hydrogen) atoms. The predicted molar refractivity (Wildman–Crippen MR) is 116 cm³/mol. The Bertz CT molecular complexity index is 939. The van der Waals surface area contributed by atoms with Crippen LogP contribution in [0.1, 0.15) is 56.0 Å². The fourth-order valence-electron chi connectivity index (χ4n) is 3.03. The van der Waals surface area contributed by atoms with Gasteiger partial charge in [0.2, 0.25) is 0 Å². The van der Waals surface area contributed by atoms with Crippen LogP contribution in [0.15, 0.2) is 75.8 Å². The van der Waals surface area contributed by atoms with Crippen molar-refractivity contribution in [1.82, 2.24) is 5.32 Å². The summed E-state index contributed by atoms with van der Waals surface area (Å²) < 4.78 is 6.05. The Kier molecular flexibility index (Phi) is 8.17. The zero-order chi connectivity index (χ0) is 21.2. The normalized spacial score (nSPS) is 15.2. The van der Waals surface area contributed by atoms with Crippen molar-refractivity contribution in [1.29, 1.82) is 5.26 Å². The van der Waals surface area contributed by atoms with Gasteiger partial charge in [-0.25, -0.2) is 0 Å². The van der Waals surface area contributed by atoms with E-state index in [0.29, 0.717) is 16.8 Å². The van der Waals surface area contributed by atoms with Crippen molar-refractivity contribution >= 4 is 12.1 Å². The Hall–Kier alpha value is -3.39. The molecule has 5 nitrogen and oxygen atoms in total. The second-order valence-electron chi connectivity index (χ2n) is 6.72. The minimum atomic E-state index is -0.218. The van der Waals surface area contributed by atoms with Gasteiger partial charge < -0.3 is 10.1 Å². The van der Waals surface area contributed by atoms with Gasteiger partial charge in [-0.1, -0.05) is 6.92 Å². The molecule has 0 saturated carbocycles. The predicted octanol–water partition coefficient (Wildman–Crippen LogP) is 5.20. The molecule has 0 heterocycles. The van der Waals surface area contributed by atoms with Crippen molar-refractivity contribution in [2.45, 2.75) is 40.0 Å². The molecule has 1 aromatic carbocycles. The van der Waals surface area contributed by atoms with Gasteiger partial charge in [0, 0.05) is 24.5 Å². The van der Waals surface area contributed by atoms with Crippen LogP contribution in [-0.2, 0) is 4.74 Å². The molecule has 2 rings (SSSR count). The van der Waals surface area contributed by atoms with E-state index >= 15 is 0 Å². The molecule has 5 heteroatoms. The summed E-state index contributed by atoms with van der Waals surface area (Å²) in [5.41, 5.74) is 4.13. The summed E-state index contributed by atoms with van der Waals surface area (Å²) in [7, 11) is 1.78. The number of benzene rings is 1. The molecule has 0 unspecified atom stereocenters. The molecule has 1 aromatic rings. The highest BCUT2D eigenvalue weighted by atomic mass is 16.5. The maximum Gasteiger partial charge on any atom is 0.255 e. The van der Waals surface area contributed by atoms with Gasteiger partial charge in [0.25, 0.3) is 5.91 Å². The van der Waals surface area contributed by atoms with Crippen LogP contribution in [0.4, 0.5) is 0 Å². The van der Waals surface area contributed by atoms with Gasteiger partial charge in [0.1, 0.15) is 11.5 Å². The first kappa shape index (κ1) is 21.9.